The van der Waals surface area contributed by atoms with Gasteiger partial charge in [0.25, 0.3) is 0 Å². The number of aliphatic hydroxyl groups is 2. The first-order chi connectivity index (χ1) is 7.53. The van der Waals surface area contributed by atoms with Gasteiger partial charge in [-0.3, -0.25) is 4.79 Å². The van der Waals surface area contributed by atoms with Crippen molar-refractivity contribution in [1.82, 2.24) is 5.32 Å². The lowest BCUT2D eigenvalue weighted by atomic mass is 10.1. The monoisotopic (exact) mass is 261 g/mol. The van der Waals surface area contributed by atoms with Crippen molar-refractivity contribution in [2.75, 3.05) is 18.9 Å². The lowest BCUT2D eigenvalue weighted by molar-refractivity contribution is -0.120. The van der Waals surface area contributed by atoms with Gasteiger partial charge < -0.3 is 15.5 Å². The van der Waals surface area contributed by atoms with Crippen molar-refractivity contribution in [2.45, 2.75) is 16.7 Å². The van der Waals surface area contributed by atoms with Gasteiger partial charge in [-0.25, -0.2) is 0 Å². The molecule has 6 heteroatoms. The van der Waals surface area contributed by atoms with Gasteiger partial charge in [-0.1, -0.05) is 6.07 Å². The molecule has 1 heterocycles. The van der Waals surface area contributed by atoms with Crippen molar-refractivity contribution in [3.8, 4) is 0 Å². The molecule has 1 rings (SSSR count). The number of nitrogens with one attached hydrogen (secondary N) is 1. The summed E-state index contributed by atoms with van der Waals surface area (Å²) in [6, 6.07) is 3.88. The molecule has 0 aliphatic heterocycles. The van der Waals surface area contributed by atoms with E-state index in [0.717, 1.165) is 4.21 Å². The van der Waals surface area contributed by atoms with Gasteiger partial charge in [-0.15, -0.1) is 23.1 Å². The molecular formula is C10H15NO3S2. The molecule has 0 aliphatic carbocycles. The van der Waals surface area contributed by atoms with Gasteiger partial charge in [0.15, 0.2) is 0 Å². The summed E-state index contributed by atoms with van der Waals surface area (Å²) in [5.41, 5.74) is -1.25. The lowest BCUT2D eigenvalue weighted by Gasteiger charge is -2.20. The van der Waals surface area contributed by atoms with E-state index >= 15 is 0 Å². The Hall–Kier alpha value is -0.560. The maximum absolute atomic E-state index is 11.4. The molecular weight excluding hydrogens is 246 g/mol. The lowest BCUT2D eigenvalue weighted by Crippen LogP contribution is -2.43. The third-order valence-electron chi connectivity index (χ3n) is 1.85. The molecule has 0 radical (unpaired) electrons. The molecule has 0 saturated heterocycles. The molecule has 90 valence electrons. The van der Waals surface area contributed by atoms with E-state index in [-0.39, 0.29) is 19.1 Å². The highest BCUT2D eigenvalue weighted by Crippen LogP contribution is 2.22. The van der Waals surface area contributed by atoms with Crippen LogP contribution in [0.25, 0.3) is 0 Å². The van der Waals surface area contributed by atoms with Crippen molar-refractivity contribution < 1.29 is 15.0 Å². The van der Waals surface area contributed by atoms with Gasteiger partial charge in [0, 0.05) is 6.54 Å². The smallest absolute Gasteiger partial charge is 0.230 e. The first-order valence-electron chi connectivity index (χ1n) is 4.80. The SMILES string of the molecule is CC(O)(CO)CNC(=O)CSc1cccs1. The van der Waals surface area contributed by atoms with Crippen LogP contribution < -0.4 is 5.32 Å². The van der Waals surface area contributed by atoms with E-state index in [1.54, 1.807) is 11.3 Å². The average molecular weight is 261 g/mol. The van der Waals surface area contributed by atoms with E-state index in [9.17, 15) is 9.90 Å². The molecule has 1 aromatic rings. The number of amides is 1. The maximum Gasteiger partial charge on any atom is 0.230 e. The molecule has 4 nitrogen and oxygen atoms in total. The van der Waals surface area contributed by atoms with E-state index < -0.39 is 5.60 Å². The quantitative estimate of drug-likeness (QED) is 0.659. The summed E-state index contributed by atoms with van der Waals surface area (Å²) < 4.78 is 1.09. The van der Waals surface area contributed by atoms with Crippen LogP contribution >= 0.6 is 23.1 Å². The molecule has 0 bridgehead atoms. The first kappa shape index (κ1) is 13.5. The second kappa shape index (κ2) is 6.24. The van der Waals surface area contributed by atoms with E-state index in [2.05, 4.69) is 5.32 Å². The zero-order valence-corrected chi connectivity index (χ0v) is 10.6. The van der Waals surface area contributed by atoms with Gasteiger partial charge >= 0.3 is 0 Å². The van der Waals surface area contributed by atoms with Crippen molar-refractivity contribution in [3.05, 3.63) is 17.5 Å². The number of aliphatic hydroxyl groups excluding tert-OH is 1. The van der Waals surface area contributed by atoms with Gasteiger partial charge in [0.05, 0.1) is 16.6 Å². The summed E-state index contributed by atoms with van der Waals surface area (Å²) in [6.07, 6.45) is 0. The van der Waals surface area contributed by atoms with Gasteiger partial charge in [-0.05, 0) is 18.4 Å². The van der Waals surface area contributed by atoms with Crippen LogP contribution in [0.1, 0.15) is 6.92 Å². The maximum atomic E-state index is 11.4. The van der Waals surface area contributed by atoms with Crippen LogP contribution in [0.5, 0.6) is 0 Å². The Bertz CT molecular complexity index is 325. The molecule has 1 amide bonds. The molecule has 0 aromatic carbocycles. The fourth-order valence-corrected chi connectivity index (χ4v) is 2.49. The van der Waals surface area contributed by atoms with Crippen molar-refractivity contribution in [1.29, 1.82) is 0 Å². The summed E-state index contributed by atoms with van der Waals surface area (Å²) in [5.74, 6) is 0.175. The van der Waals surface area contributed by atoms with Crippen LogP contribution in [-0.2, 0) is 4.79 Å². The zero-order valence-electron chi connectivity index (χ0n) is 8.97. The summed E-state index contributed by atoms with van der Waals surface area (Å²) in [5, 5.41) is 22.8. The third kappa shape index (κ3) is 4.98. The zero-order chi connectivity index (χ0) is 12.0. The van der Waals surface area contributed by atoms with Crippen molar-refractivity contribution in [2.24, 2.45) is 0 Å². The number of thioether (sulfide) groups is 1. The summed E-state index contributed by atoms with van der Waals surface area (Å²) >= 11 is 3.04. The second-order valence-corrected chi connectivity index (χ2v) is 5.88. The second-order valence-electron chi connectivity index (χ2n) is 3.65. The molecule has 1 atom stereocenters. The number of carbonyl (C=O) groups is 1. The summed E-state index contributed by atoms with van der Waals surface area (Å²) in [4.78, 5) is 11.4. The van der Waals surface area contributed by atoms with Crippen molar-refractivity contribution >= 4 is 29.0 Å². The minimum absolute atomic E-state index is 0.0628. The largest absolute Gasteiger partial charge is 0.393 e. The molecule has 1 aromatic heterocycles. The predicted molar refractivity (Wildman–Crippen MR) is 65.8 cm³/mol. The predicted octanol–water partition coefficient (Wildman–Crippen LogP) is 0.700. The molecule has 0 saturated carbocycles. The molecule has 16 heavy (non-hydrogen) atoms. The highest BCUT2D eigenvalue weighted by atomic mass is 32.2. The number of hydrogen-bond acceptors (Lipinski definition) is 5. The van der Waals surface area contributed by atoms with Crippen molar-refractivity contribution in [3.63, 3.8) is 0 Å². The van der Waals surface area contributed by atoms with Gasteiger partial charge in [0.1, 0.15) is 5.60 Å². The molecule has 0 fully saturated rings. The van der Waals surface area contributed by atoms with Crippen LogP contribution in [0.2, 0.25) is 0 Å². The van der Waals surface area contributed by atoms with Gasteiger partial charge in [0.2, 0.25) is 5.91 Å². The van der Waals surface area contributed by atoms with Crippen LogP contribution in [-0.4, -0.2) is 40.6 Å². The Morgan fingerprint density at radius 3 is 3.00 bits per heavy atom. The highest BCUT2D eigenvalue weighted by Gasteiger charge is 2.19. The summed E-state index contributed by atoms with van der Waals surface area (Å²) in [6.45, 7) is 1.17. The number of carbonyl (C=O) groups excluding carboxylic acids is 1. The molecule has 1 unspecified atom stereocenters. The minimum atomic E-state index is -1.25. The average Bonchev–Trinajstić information content (AvgIpc) is 2.76. The number of hydrogen-bond donors (Lipinski definition) is 3. The highest BCUT2D eigenvalue weighted by molar-refractivity contribution is 8.01. The normalized spacial score (nSPS) is 14.4. The van der Waals surface area contributed by atoms with E-state index in [0.29, 0.717) is 5.75 Å². The Morgan fingerprint density at radius 2 is 2.44 bits per heavy atom. The Morgan fingerprint density at radius 1 is 1.69 bits per heavy atom. The van der Waals surface area contributed by atoms with E-state index in [1.807, 2.05) is 17.5 Å². The molecule has 3 N–H and O–H groups in total. The van der Waals surface area contributed by atoms with Crippen LogP contribution in [0.4, 0.5) is 0 Å². The Balaban J connectivity index is 2.21. The minimum Gasteiger partial charge on any atom is -0.393 e. The first-order valence-corrected chi connectivity index (χ1v) is 6.66. The Labute approximate surface area is 103 Å². The van der Waals surface area contributed by atoms with Crippen LogP contribution in [0.3, 0.4) is 0 Å². The molecule has 0 aliphatic rings. The van der Waals surface area contributed by atoms with Crippen LogP contribution in [0, 0.1) is 0 Å². The Kier molecular flexibility index (Phi) is 5.27. The summed E-state index contributed by atoms with van der Waals surface area (Å²) in [7, 11) is 0. The fraction of sp³-hybridized carbons (Fsp3) is 0.500. The topological polar surface area (TPSA) is 69.6 Å². The molecule has 0 spiro atoms. The van der Waals surface area contributed by atoms with E-state index in [1.165, 1.54) is 18.7 Å². The number of thiophene rings is 1. The number of rotatable bonds is 6. The van der Waals surface area contributed by atoms with Gasteiger partial charge in [-0.2, -0.15) is 0 Å². The van der Waals surface area contributed by atoms with E-state index in [4.69, 9.17) is 5.11 Å². The third-order valence-corrected chi connectivity index (χ3v) is 3.98. The fourth-order valence-electron chi connectivity index (χ4n) is 0.878. The van der Waals surface area contributed by atoms with Crippen LogP contribution in [0.15, 0.2) is 21.7 Å². The standard InChI is InChI=1S/C10H15NO3S2/c1-10(14,7-12)6-11-8(13)5-16-9-3-2-4-15-9/h2-4,12,14H,5-7H2,1H3,(H,11,13).